The molecule has 0 fully saturated rings. The molecule has 3 nitrogen and oxygen atoms in total. The molecule has 0 saturated heterocycles. The molecular formula is C15H32O3. The Morgan fingerprint density at radius 3 is 2.06 bits per heavy atom. The van der Waals surface area contributed by atoms with Crippen LogP contribution < -0.4 is 0 Å². The Kier molecular flexibility index (Phi) is 10.7. The van der Waals surface area contributed by atoms with E-state index < -0.39 is 11.9 Å². The molecule has 0 saturated carbocycles. The Morgan fingerprint density at radius 2 is 1.50 bits per heavy atom. The second-order valence-corrected chi connectivity index (χ2v) is 5.19. The molecule has 18 heavy (non-hydrogen) atoms. The molecule has 0 aliphatic carbocycles. The molecule has 110 valence electrons. The average molecular weight is 260 g/mol. The highest BCUT2D eigenvalue weighted by atomic mass is 16.6. The van der Waals surface area contributed by atoms with Gasteiger partial charge in [0.1, 0.15) is 6.10 Å². The number of rotatable bonds is 12. The first-order valence-electron chi connectivity index (χ1n) is 7.64. The Hall–Kier alpha value is -0.120. The molecule has 0 aromatic heterocycles. The molecule has 0 amide bonds. The average Bonchev–Trinajstić information content (AvgIpc) is 2.35. The molecule has 0 aromatic rings. The van der Waals surface area contributed by atoms with Crippen LogP contribution in [-0.4, -0.2) is 28.7 Å². The number of unbranched alkanes of at least 4 members (excludes halogenated alkanes) is 4. The highest BCUT2D eigenvalue weighted by Gasteiger charge is 2.33. The molecule has 1 unspecified atom stereocenters. The summed E-state index contributed by atoms with van der Waals surface area (Å²) in [4.78, 5) is 0. The maximum atomic E-state index is 10.1. The van der Waals surface area contributed by atoms with Gasteiger partial charge in [0, 0.05) is 13.0 Å². The van der Waals surface area contributed by atoms with Gasteiger partial charge in [-0.25, -0.2) is 0 Å². The Labute approximate surface area is 113 Å². The number of hydrogen-bond acceptors (Lipinski definition) is 3. The standard InChI is InChI=1S/C15H32O3/c1-4-7-10-13-18-14(11-8-5-2)15(16,17)12-9-6-3/h14,16-17H,4-13H2,1-3H3. The minimum atomic E-state index is -1.66. The molecule has 1 atom stereocenters. The molecule has 0 aliphatic rings. The second-order valence-electron chi connectivity index (χ2n) is 5.19. The predicted octanol–water partition coefficient (Wildman–Crippen LogP) is 3.62. The van der Waals surface area contributed by atoms with E-state index in [-0.39, 0.29) is 0 Å². The minimum Gasteiger partial charge on any atom is -0.373 e. The first kappa shape index (κ1) is 17.9. The van der Waals surface area contributed by atoms with Crippen LogP contribution in [0.3, 0.4) is 0 Å². The largest absolute Gasteiger partial charge is 0.373 e. The quantitative estimate of drug-likeness (QED) is 0.416. The van der Waals surface area contributed by atoms with Crippen LogP contribution in [0.1, 0.15) is 78.6 Å². The van der Waals surface area contributed by atoms with E-state index in [0.29, 0.717) is 13.0 Å². The van der Waals surface area contributed by atoms with E-state index >= 15 is 0 Å². The van der Waals surface area contributed by atoms with Crippen molar-refractivity contribution in [1.82, 2.24) is 0 Å². The minimum absolute atomic E-state index is 0.408. The van der Waals surface area contributed by atoms with Crippen LogP contribution in [0.5, 0.6) is 0 Å². The molecule has 0 heterocycles. The lowest BCUT2D eigenvalue weighted by atomic mass is 9.98. The van der Waals surface area contributed by atoms with Gasteiger partial charge in [0.15, 0.2) is 5.79 Å². The summed E-state index contributed by atoms with van der Waals surface area (Å²) in [6, 6.07) is 0. The lowest BCUT2D eigenvalue weighted by molar-refractivity contribution is -0.244. The smallest absolute Gasteiger partial charge is 0.189 e. The predicted molar refractivity (Wildman–Crippen MR) is 75.5 cm³/mol. The van der Waals surface area contributed by atoms with Crippen molar-refractivity contribution in [2.45, 2.75) is 90.4 Å². The van der Waals surface area contributed by atoms with Crippen LogP contribution >= 0.6 is 0 Å². The lowest BCUT2D eigenvalue weighted by Gasteiger charge is -2.31. The maximum Gasteiger partial charge on any atom is 0.189 e. The lowest BCUT2D eigenvalue weighted by Crippen LogP contribution is -2.44. The van der Waals surface area contributed by atoms with Crippen molar-refractivity contribution in [3.05, 3.63) is 0 Å². The number of ether oxygens (including phenoxy) is 1. The number of aliphatic hydroxyl groups is 2. The normalized spacial score (nSPS) is 13.8. The van der Waals surface area contributed by atoms with E-state index in [9.17, 15) is 10.2 Å². The van der Waals surface area contributed by atoms with E-state index in [1.165, 1.54) is 0 Å². The Morgan fingerprint density at radius 1 is 0.889 bits per heavy atom. The molecular weight excluding hydrogens is 228 g/mol. The van der Waals surface area contributed by atoms with Crippen LogP contribution in [0.15, 0.2) is 0 Å². The zero-order valence-corrected chi connectivity index (χ0v) is 12.5. The fraction of sp³-hybridized carbons (Fsp3) is 1.00. The summed E-state index contributed by atoms with van der Waals surface area (Å²) in [5.74, 6) is -1.66. The highest BCUT2D eigenvalue weighted by molar-refractivity contribution is 4.76. The van der Waals surface area contributed by atoms with Gasteiger partial charge in [-0.05, 0) is 19.3 Å². The van der Waals surface area contributed by atoms with Crippen molar-refractivity contribution in [1.29, 1.82) is 0 Å². The second kappa shape index (κ2) is 10.8. The molecule has 0 bridgehead atoms. The van der Waals surface area contributed by atoms with Crippen LogP contribution in [-0.2, 0) is 4.74 Å². The van der Waals surface area contributed by atoms with Crippen molar-refractivity contribution >= 4 is 0 Å². The number of hydrogen-bond donors (Lipinski definition) is 2. The summed E-state index contributed by atoms with van der Waals surface area (Å²) in [5, 5.41) is 20.2. The van der Waals surface area contributed by atoms with E-state index in [1.807, 2.05) is 0 Å². The van der Waals surface area contributed by atoms with Gasteiger partial charge in [0.05, 0.1) is 0 Å². The molecule has 0 rings (SSSR count). The van der Waals surface area contributed by atoms with Crippen LogP contribution in [0.25, 0.3) is 0 Å². The van der Waals surface area contributed by atoms with E-state index in [1.54, 1.807) is 0 Å². The van der Waals surface area contributed by atoms with Crippen LogP contribution in [0.2, 0.25) is 0 Å². The summed E-state index contributed by atoms with van der Waals surface area (Å²) >= 11 is 0. The highest BCUT2D eigenvalue weighted by Crippen LogP contribution is 2.23. The van der Waals surface area contributed by atoms with Crippen LogP contribution in [0.4, 0.5) is 0 Å². The fourth-order valence-corrected chi connectivity index (χ4v) is 2.01. The van der Waals surface area contributed by atoms with Gasteiger partial charge in [0.25, 0.3) is 0 Å². The fourth-order valence-electron chi connectivity index (χ4n) is 2.01. The first-order valence-corrected chi connectivity index (χ1v) is 7.64. The third-order valence-electron chi connectivity index (χ3n) is 3.30. The molecule has 2 N–H and O–H groups in total. The molecule has 3 heteroatoms. The summed E-state index contributed by atoms with van der Waals surface area (Å²) in [6.07, 6.45) is 7.84. The van der Waals surface area contributed by atoms with Gasteiger partial charge in [-0.3, -0.25) is 0 Å². The molecule has 0 spiro atoms. The zero-order chi connectivity index (χ0) is 13.9. The summed E-state index contributed by atoms with van der Waals surface area (Å²) < 4.78 is 5.71. The maximum absolute atomic E-state index is 10.1. The SMILES string of the molecule is CCCCCOC(CCCC)C(O)(O)CCCC. The Bertz CT molecular complexity index is 181. The monoisotopic (exact) mass is 260 g/mol. The van der Waals surface area contributed by atoms with Gasteiger partial charge in [-0.15, -0.1) is 0 Å². The van der Waals surface area contributed by atoms with Gasteiger partial charge >= 0.3 is 0 Å². The topological polar surface area (TPSA) is 49.7 Å². The first-order chi connectivity index (χ1) is 8.58. The summed E-state index contributed by atoms with van der Waals surface area (Å²) in [7, 11) is 0. The van der Waals surface area contributed by atoms with Crippen molar-refractivity contribution in [2.24, 2.45) is 0 Å². The van der Waals surface area contributed by atoms with Crippen molar-refractivity contribution < 1.29 is 14.9 Å². The molecule has 0 aromatic carbocycles. The zero-order valence-electron chi connectivity index (χ0n) is 12.5. The van der Waals surface area contributed by atoms with Crippen molar-refractivity contribution in [2.75, 3.05) is 6.61 Å². The van der Waals surface area contributed by atoms with Gasteiger partial charge in [-0.1, -0.05) is 52.9 Å². The van der Waals surface area contributed by atoms with Gasteiger partial charge in [-0.2, -0.15) is 0 Å². The van der Waals surface area contributed by atoms with E-state index in [4.69, 9.17) is 4.74 Å². The summed E-state index contributed by atoms with van der Waals surface area (Å²) in [5.41, 5.74) is 0. The van der Waals surface area contributed by atoms with E-state index in [2.05, 4.69) is 20.8 Å². The third kappa shape index (κ3) is 8.06. The molecule has 0 radical (unpaired) electrons. The van der Waals surface area contributed by atoms with Gasteiger partial charge in [0.2, 0.25) is 0 Å². The van der Waals surface area contributed by atoms with Crippen molar-refractivity contribution in [3.8, 4) is 0 Å². The third-order valence-corrected chi connectivity index (χ3v) is 3.30. The molecule has 0 aliphatic heterocycles. The van der Waals surface area contributed by atoms with E-state index in [0.717, 1.165) is 51.4 Å². The van der Waals surface area contributed by atoms with Crippen molar-refractivity contribution in [3.63, 3.8) is 0 Å². The van der Waals surface area contributed by atoms with Gasteiger partial charge < -0.3 is 14.9 Å². The van der Waals surface area contributed by atoms with Crippen LogP contribution in [0, 0.1) is 0 Å². The summed E-state index contributed by atoms with van der Waals surface area (Å²) in [6.45, 7) is 6.95. The Balaban J connectivity index is 4.17.